The Hall–Kier alpha value is -2.68. The van der Waals surface area contributed by atoms with Crippen molar-refractivity contribution in [1.29, 1.82) is 0 Å². The monoisotopic (exact) mass is 446 g/mol. The van der Waals surface area contributed by atoms with Gasteiger partial charge in [0.15, 0.2) is 0 Å². The second-order valence-electron chi connectivity index (χ2n) is 7.97. The fourth-order valence-electron chi connectivity index (χ4n) is 2.87. The van der Waals surface area contributed by atoms with Crippen molar-refractivity contribution in [2.24, 2.45) is 5.14 Å². The number of nitrogens with zero attached hydrogens (tertiary/aromatic N) is 2. The van der Waals surface area contributed by atoms with Gasteiger partial charge in [-0.15, -0.1) is 0 Å². The summed E-state index contributed by atoms with van der Waals surface area (Å²) >= 11 is 6.09. The molecule has 2 aromatic carbocycles. The molecule has 0 radical (unpaired) electrons. The van der Waals surface area contributed by atoms with Crippen molar-refractivity contribution < 1.29 is 13.2 Å². The SMILES string of the molecule is CC(C)(C)c1cnn(-c2ccc(NC(=O)Cc3ccccc3Cl)cc2S(N)(=O)=O)c1. The minimum Gasteiger partial charge on any atom is -0.326 e. The molecule has 3 rings (SSSR count). The molecule has 0 unspecified atom stereocenters. The van der Waals surface area contributed by atoms with Crippen molar-refractivity contribution >= 4 is 33.2 Å². The van der Waals surface area contributed by atoms with E-state index >= 15 is 0 Å². The van der Waals surface area contributed by atoms with E-state index in [2.05, 4.69) is 10.4 Å². The lowest BCUT2D eigenvalue weighted by Gasteiger charge is -2.15. The van der Waals surface area contributed by atoms with Gasteiger partial charge in [0.1, 0.15) is 4.90 Å². The number of anilines is 1. The third-order valence-electron chi connectivity index (χ3n) is 4.55. The molecule has 0 aliphatic heterocycles. The van der Waals surface area contributed by atoms with Crippen molar-refractivity contribution in [3.05, 3.63) is 71.0 Å². The van der Waals surface area contributed by atoms with E-state index in [4.69, 9.17) is 16.7 Å². The molecule has 158 valence electrons. The first-order valence-electron chi connectivity index (χ1n) is 9.21. The lowest BCUT2D eigenvalue weighted by molar-refractivity contribution is -0.115. The molecule has 30 heavy (non-hydrogen) atoms. The quantitative estimate of drug-likeness (QED) is 0.623. The number of nitrogens with one attached hydrogen (secondary N) is 1. The van der Waals surface area contributed by atoms with Crippen LogP contribution in [0.1, 0.15) is 31.9 Å². The van der Waals surface area contributed by atoms with Crippen molar-refractivity contribution in [2.45, 2.75) is 37.5 Å². The summed E-state index contributed by atoms with van der Waals surface area (Å²) in [5, 5.41) is 12.9. The van der Waals surface area contributed by atoms with Crippen LogP contribution in [0, 0.1) is 0 Å². The Morgan fingerprint density at radius 3 is 2.50 bits per heavy atom. The zero-order valence-corrected chi connectivity index (χ0v) is 18.5. The number of amides is 1. The fraction of sp³-hybridized carbons (Fsp3) is 0.238. The Kier molecular flexibility index (Phi) is 6.03. The maximum absolute atomic E-state index is 12.4. The van der Waals surface area contributed by atoms with Crippen molar-refractivity contribution in [2.75, 3.05) is 5.32 Å². The molecule has 7 nitrogen and oxygen atoms in total. The van der Waals surface area contributed by atoms with Crippen molar-refractivity contribution in [3.8, 4) is 5.69 Å². The van der Waals surface area contributed by atoms with Gasteiger partial charge in [0.25, 0.3) is 0 Å². The summed E-state index contributed by atoms with van der Waals surface area (Å²) in [5.41, 5.74) is 2.08. The van der Waals surface area contributed by atoms with Crippen molar-refractivity contribution in [1.82, 2.24) is 9.78 Å². The van der Waals surface area contributed by atoms with Gasteiger partial charge in [-0.2, -0.15) is 5.10 Å². The maximum Gasteiger partial charge on any atom is 0.240 e. The van der Waals surface area contributed by atoms with E-state index in [-0.39, 0.29) is 22.6 Å². The molecule has 0 atom stereocenters. The molecular formula is C21H23ClN4O3S. The molecule has 1 aromatic heterocycles. The average Bonchev–Trinajstić information content (AvgIpc) is 3.13. The standard InChI is InChI=1S/C21H23ClN4O3S/c1-21(2,3)15-12-24-26(13-15)18-9-8-16(11-19(18)30(23,28)29)25-20(27)10-14-6-4-5-7-17(14)22/h4-9,11-13H,10H2,1-3H3,(H,25,27)(H2,23,28,29). The van der Waals surface area contributed by atoms with Gasteiger partial charge in [-0.25, -0.2) is 18.2 Å². The van der Waals surface area contributed by atoms with Crippen LogP contribution in [0.4, 0.5) is 5.69 Å². The average molecular weight is 447 g/mol. The number of primary sulfonamides is 1. The predicted octanol–water partition coefficient (Wildman–Crippen LogP) is 3.65. The Balaban J connectivity index is 1.91. The van der Waals surface area contributed by atoms with Crippen LogP contribution in [0.15, 0.2) is 59.8 Å². The number of benzene rings is 2. The summed E-state index contributed by atoms with van der Waals surface area (Å²) in [6, 6.07) is 11.5. The summed E-state index contributed by atoms with van der Waals surface area (Å²) in [4.78, 5) is 12.3. The van der Waals surface area contributed by atoms with E-state index in [1.54, 1.807) is 48.8 Å². The lowest BCUT2D eigenvalue weighted by Crippen LogP contribution is -2.18. The number of aromatic nitrogens is 2. The third-order valence-corrected chi connectivity index (χ3v) is 5.86. The highest BCUT2D eigenvalue weighted by Crippen LogP contribution is 2.27. The van der Waals surface area contributed by atoms with Gasteiger partial charge in [-0.1, -0.05) is 50.6 Å². The van der Waals surface area contributed by atoms with Crippen LogP contribution in [0.25, 0.3) is 5.69 Å². The maximum atomic E-state index is 12.4. The van der Waals surface area contributed by atoms with Crippen molar-refractivity contribution in [3.63, 3.8) is 0 Å². The first-order chi connectivity index (χ1) is 13.9. The fourth-order valence-corrected chi connectivity index (χ4v) is 3.82. The number of sulfonamides is 1. The van der Waals surface area contributed by atoms with Gasteiger partial charge < -0.3 is 5.32 Å². The number of carbonyl (C=O) groups is 1. The highest BCUT2D eigenvalue weighted by atomic mass is 35.5. The Labute approximate surface area is 180 Å². The number of rotatable bonds is 5. The van der Waals surface area contributed by atoms with Crippen LogP contribution >= 0.6 is 11.6 Å². The van der Waals surface area contributed by atoms with E-state index in [1.165, 1.54) is 10.7 Å². The van der Waals surface area contributed by atoms with Crippen LogP contribution < -0.4 is 10.5 Å². The third kappa shape index (κ3) is 5.08. The number of nitrogens with two attached hydrogens (primary N) is 1. The molecule has 1 amide bonds. The smallest absolute Gasteiger partial charge is 0.240 e. The van der Waals surface area contributed by atoms with Gasteiger partial charge in [-0.3, -0.25) is 4.79 Å². The predicted molar refractivity (Wildman–Crippen MR) is 117 cm³/mol. The highest BCUT2D eigenvalue weighted by molar-refractivity contribution is 7.89. The van der Waals surface area contributed by atoms with E-state index in [0.29, 0.717) is 22.0 Å². The topological polar surface area (TPSA) is 107 Å². The summed E-state index contributed by atoms with van der Waals surface area (Å²) in [5.74, 6) is -0.328. The number of carbonyl (C=O) groups excluding carboxylic acids is 1. The first kappa shape index (κ1) is 22.0. The van der Waals surface area contributed by atoms with Gasteiger partial charge in [-0.05, 0) is 40.8 Å². The van der Waals surface area contributed by atoms with Crippen LogP contribution in [0.5, 0.6) is 0 Å². The van der Waals surface area contributed by atoms with Crippen LogP contribution in [-0.4, -0.2) is 24.1 Å². The second-order valence-corrected chi connectivity index (χ2v) is 9.90. The van der Waals surface area contributed by atoms with E-state index in [1.807, 2.05) is 20.8 Å². The summed E-state index contributed by atoms with van der Waals surface area (Å²) < 4.78 is 25.9. The minimum absolute atomic E-state index is 0.0558. The molecular weight excluding hydrogens is 424 g/mol. The van der Waals surface area contributed by atoms with Gasteiger partial charge in [0.2, 0.25) is 15.9 Å². The minimum atomic E-state index is -4.06. The van der Waals surface area contributed by atoms with Crippen LogP contribution in [0.3, 0.4) is 0 Å². The van der Waals surface area contributed by atoms with Gasteiger partial charge in [0.05, 0.1) is 18.3 Å². The van der Waals surface area contributed by atoms with Gasteiger partial charge >= 0.3 is 0 Å². The normalized spacial score (nSPS) is 12.0. The number of hydrogen-bond acceptors (Lipinski definition) is 4. The Morgan fingerprint density at radius 2 is 1.90 bits per heavy atom. The zero-order chi connectivity index (χ0) is 22.1. The van der Waals surface area contributed by atoms with Crippen LogP contribution in [0.2, 0.25) is 5.02 Å². The summed E-state index contributed by atoms with van der Waals surface area (Å²) in [6.45, 7) is 6.10. The summed E-state index contributed by atoms with van der Waals surface area (Å²) in [7, 11) is -4.06. The molecule has 0 aliphatic carbocycles. The van der Waals surface area contributed by atoms with E-state index in [9.17, 15) is 13.2 Å². The number of hydrogen-bond donors (Lipinski definition) is 2. The molecule has 0 saturated heterocycles. The zero-order valence-electron chi connectivity index (χ0n) is 16.9. The molecule has 0 bridgehead atoms. The Bertz CT molecular complexity index is 1200. The van der Waals surface area contributed by atoms with Gasteiger partial charge in [0, 0.05) is 16.9 Å². The molecule has 9 heteroatoms. The lowest BCUT2D eigenvalue weighted by atomic mass is 9.90. The largest absolute Gasteiger partial charge is 0.326 e. The van der Waals surface area contributed by atoms with E-state index < -0.39 is 10.0 Å². The molecule has 0 aliphatic rings. The molecule has 0 fully saturated rings. The number of halogens is 1. The molecule has 3 aromatic rings. The van der Waals surface area contributed by atoms with E-state index in [0.717, 1.165) is 5.56 Å². The molecule has 1 heterocycles. The second kappa shape index (κ2) is 8.22. The molecule has 3 N–H and O–H groups in total. The molecule has 0 spiro atoms. The van der Waals surface area contributed by atoms with Crippen LogP contribution in [-0.2, 0) is 26.7 Å². The highest BCUT2D eigenvalue weighted by Gasteiger charge is 2.21. The summed E-state index contributed by atoms with van der Waals surface area (Å²) in [6.07, 6.45) is 3.51. The first-order valence-corrected chi connectivity index (χ1v) is 11.1. The molecule has 0 saturated carbocycles. The Morgan fingerprint density at radius 1 is 1.20 bits per heavy atom.